The molecule has 0 bridgehead atoms. The fourth-order valence-corrected chi connectivity index (χ4v) is 6.14. The van der Waals surface area contributed by atoms with E-state index in [1.165, 1.54) is 7.11 Å². The molecule has 11 heteroatoms. The molecule has 1 saturated heterocycles. The van der Waals surface area contributed by atoms with E-state index >= 15 is 0 Å². The average Bonchev–Trinajstić information content (AvgIpc) is 3.33. The number of ether oxygens (including phenoxy) is 3. The maximum atomic E-state index is 13.5. The van der Waals surface area contributed by atoms with Crippen molar-refractivity contribution in [2.45, 2.75) is 25.7 Å². The zero-order chi connectivity index (χ0) is 31.2. The van der Waals surface area contributed by atoms with E-state index < -0.39 is 0 Å². The molecule has 0 radical (unpaired) electrons. The highest BCUT2D eigenvalue weighted by Gasteiger charge is 2.24. The number of hydrogen-bond acceptors (Lipinski definition) is 7. The molecule has 1 unspecified atom stereocenters. The first kappa shape index (κ1) is 31.8. The Hall–Kier alpha value is -3.66. The predicted octanol–water partition coefficient (Wildman–Crippen LogP) is 6.32. The van der Waals surface area contributed by atoms with Gasteiger partial charge in [0.25, 0.3) is 5.91 Å². The number of anilines is 1. The third-order valence-corrected chi connectivity index (χ3v) is 9.04. The predicted molar refractivity (Wildman–Crippen MR) is 176 cm³/mol. The third-order valence-electron chi connectivity index (χ3n) is 8.31. The summed E-state index contributed by atoms with van der Waals surface area (Å²) in [6.07, 6.45) is 1.86. The highest BCUT2D eigenvalue weighted by molar-refractivity contribution is 6.42. The van der Waals surface area contributed by atoms with Gasteiger partial charge in [0.05, 0.1) is 42.4 Å². The van der Waals surface area contributed by atoms with Crippen LogP contribution in [0.2, 0.25) is 10.0 Å². The van der Waals surface area contributed by atoms with Crippen LogP contribution in [0.4, 0.5) is 5.95 Å². The van der Waals surface area contributed by atoms with E-state index in [1.54, 1.807) is 20.3 Å². The van der Waals surface area contributed by atoms with Gasteiger partial charge in [-0.05, 0) is 68.8 Å². The summed E-state index contributed by atoms with van der Waals surface area (Å²) in [4.78, 5) is 26.6. The molecule has 4 aromatic rings. The van der Waals surface area contributed by atoms with Crippen LogP contribution in [-0.2, 0) is 0 Å². The van der Waals surface area contributed by atoms with Crippen LogP contribution in [0.15, 0.2) is 48.5 Å². The van der Waals surface area contributed by atoms with E-state index in [0.29, 0.717) is 45.0 Å². The number of methoxy groups -OCH3 is 3. The summed E-state index contributed by atoms with van der Waals surface area (Å²) in [5.41, 5.74) is 4.20. The molecule has 1 aliphatic rings. The van der Waals surface area contributed by atoms with Gasteiger partial charge in [-0.3, -0.25) is 4.79 Å². The lowest BCUT2D eigenvalue weighted by molar-refractivity contribution is 0.0948. The Labute approximate surface area is 268 Å². The molecule has 1 atom stereocenters. The van der Waals surface area contributed by atoms with Crippen LogP contribution >= 0.6 is 23.2 Å². The van der Waals surface area contributed by atoms with Gasteiger partial charge < -0.3 is 34.3 Å². The van der Waals surface area contributed by atoms with Gasteiger partial charge in [-0.1, -0.05) is 41.4 Å². The highest BCUT2D eigenvalue weighted by atomic mass is 35.5. The van der Waals surface area contributed by atoms with Gasteiger partial charge in [0.2, 0.25) is 11.7 Å². The zero-order valence-electron chi connectivity index (χ0n) is 25.6. The number of rotatable bonds is 11. The number of para-hydroxylation sites is 2. The van der Waals surface area contributed by atoms with Gasteiger partial charge in [-0.25, -0.2) is 4.98 Å². The maximum Gasteiger partial charge on any atom is 0.251 e. The number of aromatic nitrogens is 2. The summed E-state index contributed by atoms with van der Waals surface area (Å²) in [5, 5.41) is 4.15. The monoisotopic (exact) mass is 639 g/mol. The summed E-state index contributed by atoms with van der Waals surface area (Å²) in [5.74, 6) is 2.07. The number of imidazole rings is 1. The Morgan fingerprint density at radius 3 is 2.50 bits per heavy atom. The topological polar surface area (TPSA) is 92.0 Å². The number of carbonyl (C=O) groups is 1. The number of benzene rings is 3. The quantitative estimate of drug-likeness (QED) is 0.198. The number of amides is 1. The lowest BCUT2D eigenvalue weighted by atomic mass is 9.95. The van der Waals surface area contributed by atoms with Crippen LogP contribution in [-0.4, -0.2) is 81.4 Å². The molecule has 234 valence electrons. The van der Waals surface area contributed by atoms with Gasteiger partial charge >= 0.3 is 0 Å². The molecule has 1 amide bonds. The van der Waals surface area contributed by atoms with Crippen LogP contribution in [0.25, 0.3) is 11.0 Å². The number of halogens is 2. The summed E-state index contributed by atoms with van der Waals surface area (Å²) >= 11 is 12.7. The fourth-order valence-electron chi connectivity index (χ4n) is 5.83. The number of carbonyl (C=O) groups excluding carboxylic acids is 1. The van der Waals surface area contributed by atoms with Crippen LogP contribution < -0.4 is 24.4 Å². The molecule has 1 aliphatic heterocycles. The van der Waals surface area contributed by atoms with Crippen molar-refractivity contribution in [2.75, 3.05) is 65.5 Å². The van der Waals surface area contributed by atoms with Gasteiger partial charge in [-0.15, -0.1) is 0 Å². The van der Waals surface area contributed by atoms with Gasteiger partial charge in [-0.2, -0.15) is 0 Å². The van der Waals surface area contributed by atoms with Crippen LogP contribution in [0, 0.1) is 6.92 Å². The molecule has 5 rings (SSSR count). The minimum Gasteiger partial charge on any atom is -0.493 e. The number of nitrogens with zero attached hydrogens (tertiary/aromatic N) is 3. The van der Waals surface area contributed by atoms with E-state index in [0.717, 1.165) is 68.1 Å². The lowest BCUT2D eigenvalue weighted by Gasteiger charge is -2.25. The van der Waals surface area contributed by atoms with E-state index in [1.807, 2.05) is 43.3 Å². The van der Waals surface area contributed by atoms with Gasteiger partial charge in [0.15, 0.2) is 11.5 Å². The summed E-state index contributed by atoms with van der Waals surface area (Å²) in [6, 6.07) is 15.5. The van der Waals surface area contributed by atoms with E-state index in [-0.39, 0.29) is 11.8 Å². The molecule has 1 aromatic heterocycles. The van der Waals surface area contributed by atoms with Crippen molar-refractivity contribution in [3.05, 3.63) is 75.3 Å². The van der Waals surface area contributed by atoms with Gasteiger partial charge in [0.1, 0.15) is 0 Å². The van der Waals surface area contributed by atoms with Crippen LogP contribution in [0.1, 0.15) is 40.2 Å². The SMILES string of the molecule is COc1cc(C(=O)NCC(CCN2CCCN(c3nc4ccccc4[nH]3)CC2)c2ccc(Cl)c(Cl)c2)c(C)c(OC)c1OC. The van der Waals surface area contributed by atoms with Crippen LogP contribution in [0.5, 0.6) is 17.2 Å². The zero-order valence-corrected chi connectivity index (χ0v) is 27.1. The molecule has 0 saturated carbocycles. The van der Waals surface area contributed by atoms with E-state index in [2.05, 4.69) is 26.2 Å². The summed E-state index contributed by atoms with van der Waals surface area (Å²) < 4.78 is 16.5. The Morgan fingerprint density at radius 2 is 1.77 bits per heavy atom. The number of hydrogen-bond donors (Lipinski definition) is 2. The first-order valence-corrected chi connectivity index (χ1v) is 15.5. The largest absolute Gasteiger partial charge is 0.493 e. The molecular weight excluding hydrogens is 601 g/mol. The maximum absolute atomic E-state index is 13.5. The van der Waals surface area contributed by atoms with Crippen molar-refractivity contribution in [2.24, 2.45) is 0 Å². The second kappa shape index (κ2) is 14.4. The number of H-pyrrole nitrogens is 1. The summed E-state index contributed by atoms with van der Waals surface area (Å²) in [6.45, 7) is 6.86. The third kappa shape index (κ3) is 7.01. The van der Waals surface area contributed by atoms with Crippen molar-refractivity contribution < 1.29 is 19.0 Å². The second-order valence-electron chi connectivity index (χ2n) is 10.9. The average molecular weight is 641 g/mol. The van der Waals surface area contributed by atoms with Gasteiger partial charge in [0, 0.05) is 43.2 Å². The van der Waals surface area contributed by atoms with Crippen molar-refractivity contribution in [3.63, 3.8) is 0 Å². The number of fused-ring (bicyclic) bond motifs is 1. The Balaban J connectivity index is 1.27. The smallest absolute Gasteiger partial charge is 0.251 e. The molecule has 44 heavy (non-hydrogen) atoms. The van der Waals surface area contributed by atoms with E-state index in [9.17, 15) is 4.79 Å². The van der Waals surface area contributed by atoms with Crippen molar-refractivity contribution in [3.8, 4) is 17.2 Å². The molecule has 2 heterocycles. The Kier molecular flexibility index (Phi) is 10.4. The minimum absolute atomic E-state index is 0.0193. The number of aromatic amines is 1. The number of nitrogens with one attached hydrogen (secondary N) is 2. The molecular formula is C33H39Cl2N5O4. The highest BCUT2D eigenvalue weighted by Crippen LogP contribution is 2.41. The molecule has 0 spiro atoms. The standard InChI is InChI=1S/C33H39Cl2N5O4/c1-21-24(19-29(42-2)31(44-4)30(21)43-3)32(41)36-20-23(22-10-11-25(34)26(35)18-22)12-15-39-13-7-14-40(17-16-39)33-37-27-8-5-6-9-28(27)38-33/h5-6,8-11,18-19,23H,7,12-17,20H2,1-4H3,(H,36,41)(H,37,38). The van der Waals surface area contributed by atoms with Crippen molar-refractivity contribution in [1.29, 1.82) is 0 Å². The second-order valence-corrected chi connectivity index (χ2v) is 11.8. The molecule has 3 aromatic carbocycles. The first-order valence-electron chi connectivity index (χ1n) is 14.8. The normalized spacial score (nSPS) is 14.7. The Morgan fingerprint density at radius 1 is 0.977 bits per heavy atom. The Bertz CT molecular complexity index is 1580. The fraction of sp³-hybridized carbons (Fsp3) is 0.394. The molecule has 2 N–H and O–H groups in total. The molecule has 0 aliphatic carbocycles. The molecule has 9 nitrogen and oxygen atoms in total. The van der Waals surface area contributed by atoms with Crippen LogP contribution in [0.3, 0.4) is 0 Å². The molecule has 1 fully saturated rings. The minimum atomic E-state index is -0.219. The van der Waals surface area contributed by atoms with Crippen molar-refractivity contribution in [1.82, 2.24) is 20.2 Å². The lowest BCUT2D eigenvalue weighted by Crippen LogP contribution is -2.34. The first-order chi connectivity index (χ1) is 21.3. The van der Waals surface area contributed by atoms with Crippen molar-refractivity contribution >= 4 is 46.1 Å². The van der Waals surface area contributed by atoms with E-state index in [4.69, 9.17) is 42.4 Å². The summed E-state index contributed by atoms with van der Waals surface area (Å²) in [7, 11) is 4.63.